The van der Waals surface area contributed by atoms with E-state index in [2.05, 4.69) is 19.0 Å². The van der Waals surface area contributed by atoms with Crippen LogP contribution in [-0.4, -0.2) is 22.5 Å². The van der Waals surface area contributed by atoms with Gasteiger partial charge in [0.05, 0.1) is 10.9 Å². The highest BCUT2D eigenvalue weighted by molar-refractivity contribution is 7.12. The van der Waals surface area contributed by atoms with Gasteiger partial charge in [-0.15, -0.1) is 11.3 Å². The number of amides is 1. The largest absolute Gasteiger partial charge is 0.361 e. The van der Waals surface area contributed by atoms with Crippen LogP contribution in [0.4, 0.5) is 0 Å². The standard InChI is InChI=1S/C15H18N2O2S/c1-10(2)13-9-11(16-19-13)12-5-3-7-17(12)15(18)14-6-4-8-20-14/h4,6,8-10,12H,3,5,7H2,1-2H3. The summed E-state index contributed by atoms with van der Waals surface area (Å²) in [5, 5.41) is 6.10. The maximum absolute atomic E-state index is 12.5. The molecule has 1 amide bonds. The van der Waals surface area contributed by atoms with Gasteiger partial charge in [-0.1, -0.05) is 25.1 Å². The Kier molecular flexibility index (Phi) is 3.61. The predicted molar refractivity (Wildman–Crippen MR) is 77.9 cm³/mol. The average Bonchev–Trinajstić information content (AvgIpc) is 3.17. The summed E-state index contributed by atoms with van der Waals surface area (Å²) in [6, 6.07) is 5.84. The van der Waals surface area contributed by atoms with Crippen LogP contribution in [0.1, 0.15) is 59.8 Å². The van der Waals surface area contributed by atoms with Gasteiger partial charge in [0.25, 0.3) is 5.91 Å². The summed E-state index contributed by atoms with van der Waals surface area (Å²) in [7, 11) is 0. The minimum atomic E-state index is 0.0563. The van der Waals surface area contributed by atoms with E-state index in [0.29, 0.717) is 5.92 Å². The summed E-state index contributed by atoms with van der Waals surface area (Å²) in [6.07, 6.45) is 1.98. The Hall–Kier alpha value is -1.62. The molecule has 1 aliphatic heterocycles. The zero-order chi connectivity index (χ0) is 14.1. The van der Waals surface area contributed by atoms with Gasteiger partial charge in [0.1, 0.15) is 11.5 Å². The maximum atomic E-state index is 12.5. The molecule has 4 nitrogen and oxygen atoms in total. The molecule has 0 N–H and O–H groups in total. The first-order chi connectivity index (χ1) is 9.66. The van der Waals surface area contributed by atoms with E-state index >= 15 is 0 Å². The number of rotatable bonds is 3. The van der Waals surface area contributed by atoms with Gasteiger partial charge in [-0.3, -0.25) is 4.79 Å². The fourth-order valence-electron chi connectivity index (χ4n) is 2.59. The van der Waals surface area contributed by atoms with E-state index < -0.39 is 0 Å². The van der Waals surface area contributed by atoms with Crippen LogP contribution in [0, 0.1) is 0 Å². The molecule has 0 bridgehead atoms. The lowest BCUT2D eigenvalue weighted by atomic mass is 10.1. The molecule has 0 saturated carbocycles. The molecule has 20 heavy (non-hydrogen) atoms. The van der Waals surface area contributed by atoms with Gasteiger partial charge in [-0.2, -0.15) is 0 Å². The number of carbonyl (C=O) groups is 1. The van der Waals surface area contributed by atoms with Gasteiger partial charge in [-0.05, 0) is 24.3 Å². The Balaban J connectivity index is 1.83. The van der Waals surface area contributed by atoms with E-state index in [1.54, 1.807) is 0 Å². The van der Waals surface area contributed by atoms with Crippen molar-refractivity contribution in [2.45, 2.75) is 38.6 Å². The third-order valence-electron chi connectivity index (χ3n) is 3.70. The predicted octanol–water partition coefficient (Wildman–Crippen LogP) is 3.84. The highest BCUT2D eigenvalue weighted by Crippen LogP contribution is 2.34. The molecule has 2 aromatic rings. The van der Waals surface area contributed by atoms with Crippen LogP contribution in [0.15, 0.2) is 28.1 Å². The molecule has 1 fully saturated rings. The maximum Gasteiger partial charge on any atom is 0.264 e. The van der Waals surface area contributed by atoms with Crippen LogP contribution in [0.3, 0.4) is 0 Å². The quantitative estimate of drug-likeness (QED) is 0.863. The Morgan fingerprint density at radius 1 is 1.55 bits per heavy atom. The Morgan fingerprint density at radius 3 is 3.05 bits per heavy atom. The number of carbonyl (C=O) groups excluding carboxylic acids is 1. The first kappa shape index (κ1) is 13.4. The van der Waals surface area contributed by atoms with Gasteiger partial charge in [-0.25, -0.2) is 0 Å². The Labute approximate surface area is 122 Å². The van der Waals surface area contributed by atoms with Gasteiger partial charge in [0.15, 0.2) is 0 Å². The van der Waals surface area contributed by atoms with Crippen molar-refractivity contribution >= 4 is 17.2 Å². The molecule has 1 atom stereocenters. The number of hydrogen-bond donors (Lipinski definition) is 0. The highest BCUT2D eigenvalue weighted by Gasteiger charge is 2.33. The molecule has 1 aliphatic rings. The van der Waals surface area contributed by atoms with Crippen molar-refractivity contribution < 1.29 is 9.32 Å². The van der Waals surface area contributed by atoms with E-state index in [1.165, 1.54) is 11.3 Å². The molecule has 2 aromatic heterocycles. The number of thiophene rings is 1. The van der Waals surface area contributed by atoms with Crippen molar-refractivity contribution in [2.75, 3.05) is 6.54 Å². The van der Waals surface area contributed by atoms with Crippen molar-refractivity contribution in [2.24, 2.45) is 0 Å². The third-order valence-corrected chi connectivity index (χ3v) is 4.56. The summed E-state index contributed by atoms with van der Waals surface area (Å²) in [5.74, 6) is 1.31. The second-order valence-corrected chi connectivity index (χ2v) is 6.39. The lowest BCUT2D eigenvalue weighted by Gasteiger charge is -2.22. The van der Waals surface area contributed by atoms with E-state index in [1.807, 2.05) is 28.5 Å². The van der Waals surface area contributed by atoms with E-state index in [0.717, 1.165) is 35.7 Å². The first-order valence-corrected chi connectivity index (χ1v) is 7.85. The SMILES string of the molecule is CC(C)c1cc(C2CCCN2C(=O)c2cccs2)no1. The third kappa shape index (κ3) is 2.38. The minimum absolute atomic E-state index is 0.0563. The number of nitrogens with zero attached hydrogens (tertiary/aromatic N) is 2. The lowest BCUT2D eigenvalue weighted by molar-refractivity contribution is 0.0735. The normalized spacial score (nSPS) is 18.9. The summed E-state index contributed by atoms with van der Waals surface area (Å²) >= 11 is 1.49. The van der Waals surface area contributed by atoms with Crippen molar-refractivity contribution in [3.8, 4) is 0 Å². The second kappa shape index (κ2) is 5.40. The fraction of sp³-hybridized carbons (Fsp3) is 0.467. The zero-order valence-electron chi connectivity index (χ0n) is 11.7. The molecule has 3 rings (SSSR count). The monoisotopic (exact) mass is 290 g/mol. The van der Waals surface area contributed by atoms with Crippen LogP contribution in [0.2, 0.25) is 0 Å². The van der Waals surface area contributed by atoms with Gasteiger partial charge in [0, 0.05) is 18.5 Å². The summed E-state index contributed by atoms with van der Waals surface area (Å²) in [4.78, 5) is 15.2. The number of aromatic nitrogens is 1. The van der Waals surface area contributed by atoms with E-state index in [-0.39, 0.29) is 11.9 Å². The van der Waals surface area contributed by atoms with Crippen LogP contribution in [0.25, 0.3) is 0 Å². The highest BCUT2D eigenvalue weighted by atomic mass is 32.1. The molecular formula is C15H18N2O2S. The Morgan fingerprint density at radius 2 is 2.40 bits per heavy atom. The number of likely N-dealkylation sites (tertiary alicyclic amines) is 1. The van der Waals surface area contributed by atoms with Gasteiger partial charge in [0.2, 0.25) is 0 Å². The molecule has 0 aliphatic carbocycles. The zero-order valence-corrected chi connectivity index (χ0v) is 12.5. The Bertz CT molecular complexity index is 589. The summed E-state index contributed by atoms with van der Waals surface area (Å²) in [6.45, 7) is 4.95. The average molecular weight is 290 g/mol. The second-order valence-electron chi connectivity index (χ2n) is 5.44. The van der Waals surface area contributed by atoms with Crippen LogP contribution in [0.5, 0.6) is 0 Å². The summed E-state index contributed by atoms with van der Waals surface area (Å²) in [5.41, 5.74) is 0.885. The van der Waals surface area contributed by atoms with E-state index in [9.17, 15) is 4.79 Å². The number of hydrogen-bond acceptors (Lipinski definition) is 4. The fourth-order valence-corrected chi connectivity index (χ4v) is 3.27. The van der Waals surface area contributed by atoms with Crippen molar-refractivity contribution in [3.63, 3.8) is 0 Å². The molecule has 0 radical (unpaired) electrons. The summed E-state index contributed by atoms with van der Waals surface area (Å²) < 4.78 is 5.37. The van der Waals surface area contributed by atoms with Crippen molar-refractivity contribution in [1.29, 1.82) is 0 Å². The van der Waals surface area contributed by atoms with Gasteiger partial charge < -0.3 is 9.42 Å². The van der Waals surface area contributed by atoms with Crippen molar-refractivity contribution in [3.05, 3.63) is 39.9 Å². The topological polar surface area (TPSA) is 46.3 Å². The van der Waals surface area contributed by atoms with Crippen LogP contribution in [-0.2, 0) is 0 Å². The van der Waals surface area contributed by atoms with Crippen molar-refractivity contribution in [1.82, 2.24) is 10.1 Å². The van der Waals surface area contributed by atoms with Crippen LogP contribution >= 0.6 is 11.3 Å². The lowest BCUT2D eigenvalue weighted by Crippen LogP contribution is -2.30. The molecule has 106 valence electrons. The smallest absolute Gasteiger partial charge is 0.264 e. The molecular weight excluding hydrogens is 272 g/mol. The molecule has 1 unspecified atom stereocenters. The first-order valence-electron chi connectivity index (χ1n) is 6.98. The minimum Gasteiger partial charge on any atom is -0.361 e. The van der Waals surface area contributed by atoms with Gasteiger partial charge >= 0.3 is 0 Å². The molecule has 5 heteroatoms. The molecule has 1 saturated heterocycles. The van der Waals surface area contributed by atoms with E-state index in [4.69, 9.17) is 4.52 Å². The van der Waals surface area contributed by atoms with Crippen LogP contribution < -0.4 is 0 Å². The molecule has 3 heterocycles. The molecule has 0 aromatic carbocycles. The molecule has 0 spiro atoms.